The maximum atomic E-state index is 13.3. The first-order valence-corrected chi connectivity index (χ1v) is 10.8. The Morgan fingerprint density at radius 2 is 2.14 bits per heavy atom. The molecule has 0 unspecified atom stereocenters. The van der Waals surface area contributed by atoms with Crippen LogP contribution in [-0.4, -0.2) is 59.8 Å². The molecule has 1 aromatic heterocycles. The third-order valence-electron chi connectivity index (χ3n) is 5.95. The minimum Gasteiger partial charge on any atom is -0.472 e. The second-order valence-electron chi connectivity index (χ2n) is 8.36. The number of ether oxygens (including phenoxy) is 1. The minimum absolute atomic E-state index is 0.0834. The SMILES string of the molecule is CNC[C@H]1Oc2ncc(C#CC3CCCCC3)cc2C(=O)N([C@H](C)CO)C[C@H]1C. The lowest BCUT2D eigenvalue weighted by molar-refractivity contribution is 0.0404. The van der Waals surface area contributed by atoms with E-state index in [0.29, 0.717) is 30.5 Å². The molecule has 2 N–H and O–H groups in total. The zero-order valence-corrected chi connectivity index (χ0v) is 17.8. The van der Waals surface area contributed by atoms with E-state index >= 15 is 0 Å². The Morgan fingerprint density at radius 3 is 2.83 bits per heavy atom. The molecule has 2 heterocycles. The molecule has 1 aliphatic heterocycles. The molecule has 0 saturated heterocycles. The predicted molar refractivity (Wildman–Crippen MR) is 113 cm³/mol. The van der Waals surface area contributed by atoms with E-state index in [0.717, 1.165) is 18.4 Å². The lowest BCUT2D eigenvalue weighted by Crippen LogP contribution is -2.49. The Balaban J connectivity index is 1.93. The van der Waals surface area contributed by atoms with Crippen LogP contribution >= 0.6 is 0 Å². The largest absolute Gasteiger partial charge is 0.472 e. The Morgan fingerprint density at radius 1 is 1.38 bits per heavy atom. The van der Waals surface area contributed by atoms with Gasteiger partial charge in [-0.05, 0) is 32.9 Å². The number of amides is 1. The maximum absolute atomic E-state index is 13.3. The molecule has 6 heteroatoms. The van der Waals surface area contributed by atoms with Gasteiger partial charge in [-0.3, -0.25) is 4.79 Å². The molecule has 1 saturated carbocycles. The van der Waals surface area contributed by atoms with Gasteiger partial charge in [0.25, 0.3) is 5.91 Å². The Bertz CT molecular complexity index is 764. The zero-order chi connectivity index (χ0) is 20.8. The fourth-order valence-corrected chi connectivity index (χ4v) is 4.05. The van der Waals surface area contributed by atoms with Crippen LogP contribution in [0.1, 0.15) is 61.9 Å². The lowest BCUT2D eigenvalue weighted by atomic mass is 9.90. The van der Waals surface area contributed by atoms with E-state index in [9.17, 15) is 9.90 Å². The summed E-state index contributed by atoms with van der Waals surface area (Å²) >= 11 is 0. The van der Waals surface area contributed by atoms with Crippen LogP contribution in [0.3, 0.4) is 0 Å². The van der Waals surface area contributed by atoms with Gasteiger partial charge in [0, 0.05) is 36.7 Å². The molecule has 0 radical (unpaired) electrons. The lowest BCUT2D eigenvalue weighted by Gasteiger charge is -2.36. The third kappa shape index (κ3) is 5.29. The van der Waals surface area contributed by atoms with Crippen LogP contribution in [0.2, 0.25) is 0 Å². The number of hydrogen-bond donors (Lipinski definition) is 2. The van der Waals surface area contributed by atoms with E-state index in [1.165, 1.54) is 19.3 Å². The summed E-state index contributed by atoms with van der Waals surface area (Å²) in [6.45, 7) is 5.01. The maximum Gasteiger partial charge on any atom is 0.259 e. The monoisotopic (exact) mass is 399 g/mol. The van der Waals surface area contributed by atoms with E-state index in [-0.39, 0.29) is 30.6 Å². The van der Waals surface area contributed by atoms with Gasteiger partial charge in [0.15, 0.2) is 0 Å². The topological polar surface area (TPSA) is 74.7 Å². The summed E-state index contributed by atoms with van der Waals surface area (Å²) in [7, 11) is 1.88. The molecule has 158 valence electrons. The molecule has 3 rings (SSSR count). The number of carbonyl (C=O) groups is 1. The second-order valence-corrected chi connectivity index (χ2v) is 8.36. The van der Waals surface area contributed by atoms with Crippen molar-refractivity contribution in [2.45, 2.75) is 58.1 Å². The number of aromatic nitrogens is 1. The van der Waals surface area contributed by atoms with Gasteiger partial charge < -0.3 is 20.1 Å². The highest BCUT2D eigenvalue weighted by Crippen LogP contribution is 2.27. The van der Waals surface area contributed by atoms with Crippen molar-refractivity contribution >= 4 is 5.91 Å². The van der Waals surface area contributed by atoms with Gasteiger partial charge in [-0.25, -0.2) is 4.98 Å². The molecule has 0 aromatic carbocycles. The predicted octanol–water partition coefficient (Wildman–Crippen LogP) is 2.45. The van der Waals surface area contributed by atoms with E-state index < -0.39 is 0 Å². The molecule has 6 nitrogen and oxygen atoms in total. The number of hydrogen-bond acceptors (Lipinski definition) is 5. The van der Waals surface area contributed by atoms with Crippen molar-refractivity contribution in [2.75, 3.05) is 26.7 Å². The molecular weight excluding hydrogens is 366 g/mol. The smallest absolute Gasteiger partial charge is 0.259 e. The number of nitrogens with one attached hydrogen (secondary N) is 1. The molecule has 0 spiro atoms. The first-order valence-electron chi connectivity index (χ1n) is 10.8. The van der Waals surface area contributed by atoms with E-state index in [1.807, 2.05) is 14.0 Å². The molecule has 2 aliphatic rings. The molecule has 0 bridgehead atoms. The Kier molecular flexibility index (Phi) is 7.51. The summed E-state index contributed by atoms with van der Waals surface area (Å²) in [6.07, 6.45) is 7.67. The van der Waals surface area contributed by atoms with Gasteiger partial charge in [0.2, 0.25) is 5.88 Å². The van der Waals surface area contributed by atoms with Crippen LogP contribution < -0.4 is 10.1 Å². The van der Waals surface area contributed by atoms with Gasteiger partial charge in [0.1, 0.15) is 11.7 Å². The van der Waals surface area contributed by atoms with Crippen molar-refractivity contribution in [2.24, 2.45) is 11.8 Å². The van der Waals surface area contributed by atoms with Crippen LogP contribution in [0.5, 0.6) is 5.88 Å². The molecule has 1 fully saturated rings. The highest BCUT2D eigenvalue weighted by molar-refractivity contribution is 5.97. The van der Waals surface area contributed by atoms with Crippen molar-refractivity contribution in [3.8, 4) is 17.7 Å². The normalized spacial score (nSPS) is 23.9. The molecule has 1 amide bonds. The number of aliphatic hydroxyl groups is 1. The summed E-state index contributed by atoms with van der Waals surface area (Å²) < 4.78 is 6.14. The number of aliphatic hydroxyl groups excluding tert-OH is 1. The van der Waals surface area contributed by atoms with Crippen LogP contribution in [-0.2, 0) is 0 Å². The molecule has 3 atom stereocenters. The second kappa shape index (κ2) is 10.1. The summed E-state index contributed by atoms with van der Waals surface area (Å²) in [4.78, 5) is 19.5. The number of pyridine rings is 1. The average Bonchev–Trinajstić information content (AvgIpc) is 2.75. The van der Waals surface area contributed by atoms with Crippen molar-refractivity contribution < 1.29 is 14.6 Å². The van der Waals surface area contributed by atoms with Gasteiger partial charge in [-0.1, -0.05) is 38.0 Å². The number of fused-ring (bicyclic) bond motifs is 1. The van der Waals surface area contributed by atoms with Gasteiger partial charge in [-0.15, -0.1) is 0 Å². The summed E-state index contributed by atoms with van der Waals surface area (Å²) in [5.41, 5.74) is 1.16. The molecular formula is C23H33N3O3. The first kappa shape index (κ1) is 21.6. The van der Waals surface area contributed by atoms with E-state index in [4.69, 9.17) is 4.74 Å². The van der Waals surface area contributed by atoms with E-state index in [1.54, 1.807) is 17.2 Å². The van der Waals surface area contributed by atoms with Crippen LogP contribution in [0.4, 0.5) is 0 Å². The van der Waals surface area contributed by atoms with Crippen LogP contribution in [0.25, 0.3) is 0 Å². The zero-order valence-electron chi connectivity index (χ0n) is 17.8. The third-order valence-corrected chi connectivity index (χ3v) is 5.95. The standard InChI is InChI=1S/C23H33N3O3/c1-16-14-26(17(2)15-27)23(28)20-11-19(10-9-18-7-5-4-6-8-18)12-25-22(20)29-21(16)13-24-3/h11-12,16-18,21,24,27H,4-8,13-15H2,1-3H3/t16-,17-,21-/m1/s1. The summed E-state index contributed by atoms with van der Waals surface area (Å²) in [5.74, 6) is 7.31. The number of nitrogens with zero attached hydrogens (tertiary/aromatic N) is 2. The van der Waals surface area contributed by atoms with Crippen LogP contribution in [0.15, 0.2) is 12.3 Å². The summed E-state index contributed by atoms with van der Waals surface area (Å²) in [6, 6.07) is 1.52. The van der Waals surface area contributed by atoms with Gasteiger partial charge >= 0.3 is 0 Å². The van der Waals surface area contributed by atoms with Gasteiger partial charge in [0.05, 0.1) is 12.6 Å². The van der Waals surface area contributed by atoms with E-state index in [2.05, 4.69) is 29.1 Å². The highest BCUT2D eigenvalue weighted by Gasteiger charge is 2.33. The van der Waals surface area contributed by atoms with Crippen molar-refractivity contribution in [1.29, 1.82) is 0 Å². The highest BCUT2D eigenvalue weighted by atomic mass is 16.5. The molecule has 1 aromatic rings. The minimum atomic E-state index is -0.275. The Labute approximate surface area is 174 Å². The van der Waals surface area contributed by atoms with Crippen molar-refractivity contribution in [1.82, 2.24) is 15.2 Å². The number of likely N-dealkylation sites (N-methyl/N-ethyl adjacent to an activating group) is 1. The van der Waals surface area contributed by atoms with Crippen molar-refractivity contribution in [3.05, 3.63) is 23.4 Å². The summed E-state index contributed by atoms with van der Waals surface area (Å²) in [5, 5.41) is 12.8. The van der Waals surface area contributed by atoms with Gasteiger partial charge in [-0.2, -0.15) is 0 Å². The van der Waals surface area contributed by atoms with Crippen LogP contribution in [0, 0.1) is 23.7 Å². The number of carbonyl (C=O) groups excluding carboxylic acids is 1. The van der Waals surface area contributed by atoms with Crippen molar-refractivity contribution in [3.63, 3.8) is 0 Å². The molecule has 29 heavy (non-hydrogen) atoms. The molecule has 1 aliphatic carbocycles. The fourth-order valence-electron chi connectivity index (χ4n) is 4.05. The quantitative estimate of drug-likeness (QED) is 0.761. The number of rotatable bonds is 4. The first-order chi connectivity index (χ1) is 14.0. The Hall–Kier alpha value is -2.10. The average molecular weight is 400 g/mol. The fraction of sp³-hybridized carbons (Fsp3) is 0.652.